The van der Waals surface area contributed by atoms with Crippen molar-refractivity contribution in [2.24, 2.45) is 23.3 Å². The summed E-state index contributed by atoms with van der Waals surface area (Å²) < 4.78 is 42.8. The van der Waals surface area contributed by atoms with Crippen LogP contribution in [0.25, 0.3) is 0 Å². The first-order valence-electron chi connectivity index (χ1n) is 15.7. The Bertz CT molecular complexity index is 1310. The summed E-state index contributed by atoms with van der Waals surface area (Å²) in [5.74, 6) is -3.47. The summed E-state index contributed by atoms with van der Waals surface area (Å²) in [4.78, 5) is 29.7. The molecule has 0 spiro atoms. The van der Waals surface area contributed by atoms with Gasteiger partial charge in [0.25, 0.3) is 0 Å². The van der Waals surface area contributed by atoms with E-state index in [4.69, 9.17) is 22.3 Å². The molecule has 2 aromatic rings. The molecule has 2 unspecified atom stereocenters. The molecule has 244 valence electrons. The highest BCUT2D eigenvalue weighted by Gasteiger charge is 2.48. The van der Waals surface area contributed by atoms with Gasteiger partial charge in [0.1, 0.15) is 11.9 Å². The first kappa shape index (κ1) is 33.8. The van der Waals surface area contributed by atoms with Crippen molar-refractivity contribution in [1.29, 1.82) is 10.8 Å². The number of nitrogens with two attached hydrogens (primary N) is 2. The van der Waals surface area contributed by atoms with Crippen molar-refractivity contribution in [2.45, 2.75) is 69.5 Å². The normalized spacial score (nSPS) is 17.7. The van der Waals surface area contributed by atoms with Gasteiger partial charge in [0, 0.05) is 37.7 Å². The van der Waals surface area contributed by atoms with Gasteiger partial charge in [-0.3, -0.25) is 20.4 Å². The number of nitrogens with one attached hydrogen (secondary N) is 3. The Morgan fingerprint density at radius 2 is 1.56 bits per heavy atom. The largest absolute Gasteiger partial charge is 0.471 e. The number of likely N-dealkylation sites (tertiary alicyclic amines) is 1. The predicted molar refractivity (Wildman–Crippen MR) is 168 cm³/mol. The minimum Gasteiger partial charge on any atom is -0.384 e. The van der Waals surface area contributed by atoms with Gasteiger partial charge in [0.05, 0.1) is 0 Å². The number of rotatable bonds is 11. The van der Waals surface area contributed by atoms with Gasteiger partial charge in [0.15, 0.2) is 5.96 Å². The van der Waals surface area contributed by atoms with E-state index in [2.05, 4.69) is 5.32 Å². The Morgan fingerprint density at radius 1 is 0.933 bits per heavy atom. The molecule has 9 nitrogen and oxygen atoms in total. The average Bonchev–Trinajstić information content (AvgIpc) is 3.03. The summed E-state index contributed by atoms with van der Waals surface area (Å²) in [6.45, 7) is 1.15. The van der Waals surface area contributed by atoms with E-state index in [-0.39, 0.29) is 30.8 Å². The van der Waals surface area contributed by atoms with Crippen LogP contribution in [-0.2, 0) is 16.0 Å². The molecule has 2 fully saturated rings. The highest BCUT2D eigenvalue weighted by atomic mass is 19.4. The molecule has 2 aromatic carbocycles. The third kappa shape index (κ3) is 9.21. The van der Waals surface area contributed by atoms with E-state index >= 15 is 0 Å². The fraction of sp³-hybridized carbons (Fsp3) is 0.515. The zero-order chi connectivity index (χ0) is 32.6. The number of guanidine groups is 1. The molecular formula is C33H44F3N7O2. The van der Waals surface area contributed by atoms with Gasteiger partial charge in [-0.2, -0.15) is 13.2 Å². The maximum Gasteiger partial charge on any atom is 0.471 e. The molecule has 1 aliphatic carbocycles. The van der Waals surface area contributed by atoms with Crippen LogP contribution >= 0.6 is 0 Å². The monoisotopic (exact) mass is 627 g/mol. The van der Waals surface area contributed by atoms with Gasteiger partial charge in [-0.05, 0) is 55.1 Å². The summed E-state index contributed by atoms with van der Waals surface area (Å²) in [7, 11) is 0. The number of piperidine rings is 1. The number of halogens is 3. The van der Waals surface area contributed by atoms with E-state index in [1.54, 1.807) is 41.3 Å². The number of carbonyl (C=O) groups is 2. The van der Waals surface area contributed by atoms with E-state index in [0.717, 1.165) is 35.3 Å². The summed E-state index contributed by atoms with van der Waals surface area (Å²) in [5, 5.41) is 18.2. The molecule has 1 saturated carbocycles. The minimum atomic E-state index is -5.16. The second-order valence-electron chi connectivity index (χ2n) is 12.3. The molecule has 1 heterocycles. The number of amidine groups is 1. The van der Waals surface area contributed by atoms with E-state index in [0.29, 0.717) is 50.8 Å². The van der Waals surface area contributed by atoms with E-state index < -0.39 is 35.9 Å². The molecule has 7 N–H and O–H groups in total. The first-order valence-corrected chi connectivity index (χ1v) is 15.7. The smallest absolute Gasteiger partial charge is 0.384 e. The van der Waals surface area contributed by atoms with Crippen LogP contribution in [-0.4, -0.2) is 71.8 Å². The summed E-state index contributed by atoms with van der Waals surface area (Å²) in [5.41, 5.74) is 13.3. The quantitative estimate of drug-likeness (QED) is 0.185. The van der Waals surface area contributed by atoms with Crippen LogP contribution in [0.15, 0.2) is 54.6 Å². The minimum absolute atomic E-state index is 0.00100. The van der Waals surface area contributed by atoms with Crippen LogP contribution < -0.4 is 16.8 Å². The van der Waals surface area contributed by atoms with Crippen molar-refractivity contribution in [2.75, 3.05) is 26.2 Å². The zero-order valence-corrected chi connectivity index (χ0v) is 25.5. The van der Waals surface area contributed by atoms with Crippen LogP contribution in [0, 0.1) is 22.7 Å². The lowest BCUT2D eigenvalue weighted by Crippen LogP contribution is -2.58. The van der Waals surface area contributed by atoms with Crippen molar-refractivity contribution in [3.8, 4) is 0 Å². The van der Waals surface area contributed by atoms with Crippen LogP contribution in [0.3, 0.4) is 0 Å². The summed E-state index contributed by atoms with van der Waals surface area (Å²) in [6, 6.07) is 14.8. The Labute approximate surface area is 262 Å². The lowest BCUT2D eigenvalue weighted by molar-refractivity contribution is -0.190. The van der Waals surface area contributed by atoms with Gasteiger partial charge >= 0.3 is 12.1 Å². The van der Waals surface area contributed by atoms with Crippen LogP contribution in [0.4, 0.5) is 13.2 Å². The third-order valence-electron chi connectivity index (χ3n) is 9.16. The highest BCUT2D eigenvalue weighted by molar-refractivity contribution is 5.94. The van der Waals surface area contributed by atoms with Gasteiger partial charge in [-0.1, -0.05) is 73.9 Å². The van der Waals surface area contributed by atoms with Crippen LogP contribution in [0.1, 0.15) is 67.6 Å². The lowest BCUT2D eigenvalue weighted by Gasteiger charge is -2.40. The second-order valence-corrected chi connectivity index (χ2v) is 12.3. The third-order valence-corrected chi connectivity index (χ3v) is 9.16. The number of alkyl halides is 3. The molecule has 0 bridgehead atoms. The molecule has 12 heteroatoms. The molecule has 45 heavy (non-hydrogen) atoms. The van der Waals surface area contributed by atoms with Gasteiger partial charge in [0.2, 0.25) is 5.91 Å². The number of carbonyl (C=O) groups excluding carboxylic acids is 2. The summed E-state index contributed by atoms with van der Waals surface area (Å²) in [6.07, 6.45) is 0.200. The SMILES string of the molecule is N=C(N)c1ccc(CC(CN(C(=O)C(F)(F)F)C(C(=O)NCC2CCN(C(=N)N)CC2)C2CCCCC2)c2ccccc2)cc1. The van der Waals surface area contributed by atoms with Crippen LogP contribution in [0.5, 0.6) is 0 Å². The summed E-state index contributed by atoms with van der Waals surface area (Å²) >= 11 is 0. The molecule has 2 atom stereocenters. The standard InChI is InChI=1S/C33H44F3N7O2/c34-33(35,36)31(45)43(21-27(24-7-3-1-4-8-24)19-22-11-13-26(14-12-22)29(37)38)28(25-9-5-2-6-10-25)30(44)41-20-23-15-17-42(18-16-23)32(39)40/h1,3-4,7-8,11-14,23,25,27-28H,2,5-6,9-10,15-21H2,(H3,37,38)(H3,39,40)(H,41,44). The second kappa shape index (κ2) is 15.3. The Morgan fingerprint density at radius 3 is 2.11 bits per heavy atom. The fourth-order valence-corrected chi connectivity index (χ4v) is 6.63. The number of hydrogen-bond acceptors (Lipinski definition) is 4. The van der Waals surface area contributed by atoms with Crippen LogP contribution in [0.2, 0.25) is 0 Å². The van der Waals surface area contributed by atoms with Crippen molar-refractivity contribution in [3.05, 3.63) is 71.3 Å². The zero-order valence-electron chi connectivity index (χ0n) is 25.5. The maximum atomic E-state index is 14.3. The average molecular weight is 628 g/mol. The van der Waals surface area contributed by atoms with Crippen molar-refractivity contribution in [1.82, 2.24) is 15.1 Å². The van der Waals surface area contributed by atoms with E-state index in [1.807, 2.05) is 18.2 Å². The van der Waals surface area contributed by atoms with Crippen molar-refractivity contribution >= 4 is 23.6 Å². The molecule has 2 amide bonds. The Hall–Kier alpha value is -4.09. The number of nitrogen functional groups attached to an aromatic ring is 1. The molecular weight excluding hydrogens is 583 g/mol. The maximum absolute atomic E-state index is 14.3. The first-order chi connectivity index (χ1) is 21.4. The molecule has 1 saturated heterocycles. The molecule has 2 aliphatic rings. The highest BCUT2D eigenvalue weighted by Crippen LogP contribution is 2.34. The number of amides is 2. The molecule has 4 rings (SSSR count). The van der Waals surface area contributed by atoms with Gasteiger partial charge in [-0.25, -0.2) is 0 Å². The molecule has 0 radical (unpaired) electrons. The van der Waals surface area contributed by atoms with Crippen molar-refractivity contribution in [3.63, 3.8) is 0 Å². The number of benzene rings is 2. The van der Waals surface area contributed by atoms with E-state index in [1.165, 1.54) is 0 Å². The van der Waals surface area contributed by atoms with Crippen molar-refractivity contribution < 1.29 is 22.8 Å². The fourth-order valence-electron chi connectivity index (χ4n) is 6.63. The molecule has 1 aliphatic heterocycles. The van der Waals surface area contributed by atoms with E-state index in [9.17, 15) is 22.8 Å². The predicted octanol–water partition coefficient (Wildman–Crippen LogP) is 4.36. The molecule has 0 aromatic heterocycles. The lowest BCUT2D eigenvalue weighted by atomic mass is 9.81. The Balaban J connectivity index is 1.63. The number of nitrogens with zero attached hydrogens (tertiary/aromatic N) is 2. The van der Waals surface area contributed by atoms with Gasteiger partial charge in [-0.15, -0.1) is 0 Å². The topological polar surface area (TPSA) is 152 Å². The number of hydrogen-bond donors (Lipinski definition) is 5. The Kier molecular flexibility index (Phi) is 11.5. The van der Waals surface area contributed by atoms with Gasteiger partial charge < -0.3 is 26.6 Å².